The van der Waals surface area contributed by atoms with E-state index in [0.29, 0.717) is 12.1 Å². The largest absolute Gasteiger partial charge is 0.390 e. The molecule has 23 heavy (non-hydrogen) atoms. The third-order valence-corrected chi connectivity index (χ3v) is 6.14. The Balaban J connectivity index is 2.23. The van der Waals surface area contributed by atoms with Gasteiger partial charge >= 0.3 is 0 Å². The molecule has 0 bridgehead atoms. The molecule has 130 valence electrons. The van der Waals surface area contributed by atoms with Gasteiger partial charge in [0.15, 0.2) is 5.69 Å². The van der Waals surface area contributed by atoms with Crippen molar-refractivity contribution < 1.29 is 23.4 Å². The van der Waals surface area contributed by atoms with Gasteiger partial charge in [0.2, 0.25) is 0 Å². The number of aromatic nitrogens is 2. The summed E-state index contributed by atoms with van der Waals surface area (Å²) < 4.78 is 24.8. The van der Waals surface area contributed by atoms with Gasteiger partial charge in [0.05, 0.1) is 17.0 Å². The fourth-order valence-electron chi connectivity index (χ4n) is 3.05. The number of aliphatic hydroxyl groups is 2. The Hall–Kier alpha value is -1.45. The van der Waals surface area contributed by atoms with Gasteiger partial charge in [-0.25, -0.2) is 8.42 Å². The molecule has 3 atom stereocenters. The number of sulfone groups is 1. The Morgan fingerprint density at radius 2 is 2.22 bits per heavy atom. The predicted molar refractivity (Wildman–Crippen MR) is 83.6 cm³/mol. The molecule has 0 unspecified atom stereocenters. The van der Waals surface area contributed by atoms with Gasteiger partial charge in [0.1, 0.15) is 9.84 Å². The number of aliphatic hydroxyl groups excluding tert-OH is 1. The van der Waals surface area contributed by atoms with Crippen molar-refractivity contribution in [1.29, 1.82) is 0 Å². The van der Waals surface area contributed by atoms with Crippen molar-refractivity contribution in [2.45, 2.75) is 56.1 Å². The highest BCUT2D eigenvalue weighted by molar-refractivity contribution is 7.91. The molecular formula is C14H23N3O5S. The highest BCUT2D eigenvalue weighted by atomic mass is 32.2. The van der Waals surface area contributed by atoms with Gasteiger partial charge in [-0.1, -0.05) is 0 Å². The number of hydrogen-bond acceptors (Lipinski definition) is 6. The van der Waals surface area contributed by atoms with E-state index in [2.05, 4.69) is 5.10 Å². The van der Waals surface area contributed by atoms with Crippen molar-refractivity contribution in [2.24, 2.45) is 5.73 Å². The summed E-state index contributed by atoms with van der Waals surface area (Å²) in [4.78, 5) is 11.5. The first-order chi connectivity index (χ1) is 10.6. The molecular weight excluding hydrogens is 322 g/mol. The Morgan fingerprint density at radius 1 is 1.57 bits per heavy atom. The molecule has 0 radical (unpaired) electrons. The maximum absolute atomic E-state index is 11.6. The summed E-state index contributed by atoms with van der Waals surface area (Å²) in [7, 11) is -3.26. The average Bonchev–Trinajstić information content (AvgIpc) is 2.84. The minimum atomic E-state index is -3.26. The number of hydrogen-bond donors (Lipinski definition) is 3. The number of nitrogens with two attached hydrogens (primary N) is 1. The van der Waals surface area contributed by atoms with Crippen molar-refractivity contribution in [3.63, 3.8) is 0 Å². The zero-order chi connectivity index (χ0) is 17.4. The van der Waals surface area contributed by atoms with Gasteiger partial charge < -0.3 is 15.9 Å². The predicted octanol–water partition coefficient (Wildman–Crippen LogP) is -0.766. The highest BCUT2D eigenvalue weighted by Crippen LogP contribution is 2.35. The lowest BCUT2D eigenvalue weighted by molar-refractivity contribution is -0.0979. The van der Waals surface area contributed by atoms with Crippen LogP contribution in [0.4, 0.5) is 0 Å². The van der Waals surface area contributed by atoms with E-state index in [1.807, 2.05) is 6.92 Å². The second-order valence-electron chi connectivity index (χ2n) is 6.24. The Kier molecular flexibility index (Phi) is 4.84. The smallest absolute Gasteiger partial charge is 0.269 e. The van der Waals surface area contributed by atoms with E-state index in [-0.39, 0.29) is 31.4 Å². The van der Waals surface area contributed by atoms with Gasteiger partial charge in [-0.15, -0.1) is 0 Å². The van der Waals surface area contributed by atoms with Crippen LogP contribution in [0.2, 0.25) is 0 Å². The van der Waals surface area contributed by atoms with Crippen LogP contribution in [0, 0.1) is 0 Å². The Bertz CT molecular complexity index is 699. The fraction of sp³-hybridized carbons (Fsp3) is 0.714. The molecule has 2 rings (SSSR count). The minimum absolute atomic E-state index is 0.00290. The first kappa shape index (κ1) is 17.9. The van der Waals surface area contributed by atoms with Gasteiger partial charge in [-0.2, -0.15) is 5.10 Å². The van der Waals surface area contributed by atoms with Gasteiger partial charge in [0.25, 0.3) is 5.91 Å². The second-order valence-corrected chi connectivity index (χ2v) is 8.57. The van der Waals surface area contributed by atoms with Crippen molar-refractivity contribution in [3.8, 4) is 0 Å². The van der Waals surface area contributed by atoms with Crippen molar-refractivity contribution in [3.05, 3.63) is 17.5 Å². The van der Waals surface area contributed by atoms with Crippen LogP contribution in [0.1, 0.15) is 42.2 Å². The van der Waals surface area contributed by atoms with Crippen LogP contribution in [-0.2, 0) is 22.8 Å². The summed E-state index contributed by atoms with van der Waals surface area (Å²) in [6.07, 6.45) is 1.92. The zero-order valence-electron chi connectivity index (χ0n) is 13.3. The molecule has 1 aromatic heterocycles. The lowest BCUT2D eigenvalue weighted by atomic mass is 9.78. The van der Waals surface area contributed by atoms with E-state index in [1.54, 1.807) is 6.20 Å². The lowest BCUT2D eigenvalue weighted by Gasteiger charge is -2.39. The van der Waals surface area contributed by atoms with E-state index >= 15 is 0 Å². The van der Waals surface area contributed by atoms with E-state index in [1.165, 1.54) is 4.68 Å². The number of carbonyl (C=O) groups excluding carboxylic acids is 1. The van der Waals surface area contributed by atoms with Crippen LogP contribution in [0.3, 0.4) is 0 Å². The number of amides is 1. The summed E-state index contributed by atoms with van der Waals surface area (Å²) in [6.45, 7) is 2.39. The molecule has 1 aliphatic rings. The molecule has 1 aliphatic carbocycles. The van der Waals surface area contributed by atoms with Crippen LogP contribution in [0.15, 0.2) is 6.20 Å². The molecule has 8 nitrogen and oxygen atoms in total. The monoisotopic (exact) mass is 345 g/mol. The van der Waals surface area contributed by atoms with Gasteiger partial charge in [-0.3, -0.25) is 9.48 Å². The van der Waals surface area contributed by atoms with Crippen LogP contribution in [-0.4, -0.2) is 57.5 Å². The Morgan fingerprint density at radius 3 is 2.70 bits per heavy atom. The minimum Gasteiger partial charge on any atom is -0.390 e. The molecule has 4 N–H and O–H groups in total. The number of carbonyl (C=O) groups is 1. The molecule has 0 spiro atoms. The molecule has 1 amide bonds. The van der Waals surface area contributed by atoms with Gasteiger partial charge in [0, 0.05) is 31.0 Å². The summed E-state index contributed by atoms with van der Waals surface area (Å²) in [5.41, 5.74) is 4.34. The molecule has 0 aromatic carbocycles. The maximum atomic E-state index is 11.6. The number of rotatable bonds is 5. The first-order valence-corrected chi connectivity index (χ1v) is 9.47. The fourth-order valence-corrected chi connectivity index (χ4v) is 4.13. The van der Waals surface area contributed by atoms with E-state index in [4.69, 9.17) is 5.73 Å². The van der Waals surface area contributed by atoms with Crippen LogP contribution >= 0.6 is 0 Å². The van der Waals surface area contributed by atoms with Crippen molar-refractivity contribution in [2.75, 3.05) is 6.26 Å². The van der Waals surface area contributed by atoms with E-state index < -0.39 is 32.7 Å². The molecule has 1 saturated carbocycles. The zero-order valence-corrected chi connectivity index (χ0v) is 14.1. The van der Waals surface area contributed by atoms with Crippen molar-refractivity contribution >= 4 is 15.7 Å². The third kappa shape index (κ3) is 3.73. The normalized spacial score (nSPS) is 28.7. The van der Waals surface area contributed by atoms with E-state index in [0.717, 1.165) is 6.26 Å². The van der Waals surface area contributed by atoms with Crippen LogP contribution in [0.5, 0.6) is 0 Å². The first-order valence-electron chi connectivity index (χ1n) is 7.52. The second kappa shape index (κ2) is 6.21. The Labute approximate surface area is 135 Å². The van der Waals surface area contributed by atoms with Gasteiger partial charge in [-0.05, 0) is 26.2 Å². The molecule has 0 aliphatic heterocycles. The molecule has 1 heterocycles. The number of nitrogens with zero attached hydrogens (tertiary/aromatic N) is 2. The van der Waals surface area contributed by atoms with Crippen LogP contribution in [0.25, 0.3) is 0 Å². The quantitative estimate of drug-likeness (QED) is 0.641. The average molecular weight is 345 g/mol. The standard InChI is InChI=1S/C14H23N3O5S/c1-3-17-8-9(12(16-17)13(15)19)7-14(20)5-4-10(6-11(14)18)23(2,21)22/h8,10-11,18,20H,3-7H2,1-2H3,(H2,15,19)/t10-,11-,14-/m0/s1. The van der Waals surface area contributed by atoms with Crippen LogP contribution < -0.4 is 5.73 Å². The highest BCUT2D eigenvalue weighted by Gasteiger charge is 2.44. The summed E-state index contributed by atoms with van der Waals surface area (Å²) >= 11 is 0. The number of aryl methyl sites for hydroxylation is 1. The molecule has 9 heteroatoms. The topological polar surface area (TPSA) is 136 Å². The van der Waals surface area contributed by atoms with E-state index in [9.17, 15) is 23.4 Å². The SMILES string of the molecule is CCn1cc(C[C@@]2(O)CC[C@H](S(C)(=O)=O)C[C@@H]2O)c(C(N)=O)n1. The van der Waals surface area contributed by atoms with Crippen molar-refractivity contribution in [1.82, 2.24) is 9.78 Å². The molecule has 1 aromatic rings. The summed E-state index contributed by atoms with van der Waals surface area (Å²) in [5.74, 6) is -0.699. The third-order valence-electron chi connectivity index (χ3n) is 4.50. The molecule has 1 fully saturated rings. The summed E-state index contributed by atoms with van der Waals surface area (Å²) in [5, 5.41) is 24.4. The lowest BCUT2D eigenvalue weighted by Crippen LogP contribution is -2.51. The summed E-state index contributed by atoms with van der Waals surface area (Å²) in [6, 6.07) is 0. The maximum Gasteiger partial charge on any atom is 0.269 e. The molecule has 0 saturated heterocycles. The number of primary amides is 1.